The van der Waals surface area contributed by atoms with Gasteiger partial charge >= 0.3 is 0 Å². The van der Waals surface area contributed by atoms with Crippen LogP contribution in [0.3, 0.4) is 0 Å². The molecule has 0 aliphatic carbocycles. The Bertz CT molecular complexity index is 701. The first-order valence-electron chi connectivity index (χ1n) is 6.38. The fourth-order valence-electron chi connectivity index (χ4n) is 1.91. The van der Waals surface area contributed by atoms with Crippen LogP contribution >= 0.6 is 0 Å². The molecule has 0 radical (unpaired) electrons. The quantitative estimate of drug-likeness (QED) is 0.686. The van der Waals surface area contributed by atoms with Crippen LogP contribution in [0.15, 0.2) is 18.2 Å². The highest BCUT2D eigenvalue weighted by Crippen LogP contribution is 2.30. The molecule has 110 valence electrons. The summed E-state index contributed by atoms with van der Waals surface area (Å²) in [5.41, 5.74) is 1.48. The van der Waals surface area contributed by atoms with Crippen molar-refractivity contribution in [2.45, 2.75) is 20.8 Å². The lowest BCUT2D eigenvalue weighted by atomic mass is 10.2. The molecule has 21 heavy (non-hydrogen) atoms. The van der Waals surface area contributed by atoms with E-state index in [9.17, 15) is 10.1 Å². The smallest absolute Gasteiger partial charge is 0.269 e. The first-order chi connectivity index (χ1) is 9.92. The van der Waals surface area contributed by atoms with Crippen molar-refractivity contribution < 1.29 is 9.66 Å². The zero-order valence-electron chi connectivity index (χ0n) is 12.3. The lowest BCUT2D eigenvalue weighted by Gasteiger charge is -2.13. The van der Waals surface area contributed by atoms with Gasteiger partial charge in [0.1, 0.15) is 17.4 Å². The number of nitro groups is 1. The van der Waals surface area contributed by atoms with Crippen LogP contribution in [0.2, 0.25) is 0 Å². The molecule has 0 aliphatic rings. The van der Waals surface area contributed by atoms with Gasteiger partial charge in [0.05, 0.1) is 10.5 Å². The van der Waals surface area contributed by atoms with Gasteiger partial charge in [0.2, 0.25) is 5.88 Å². The van der Waals surface area contributed by atoms with E-state index in [2.05, 4.69) is 15.3 Å². The molecule has 1 aromatic heterocycles. The molecule has 1 heterocycles. The molecule has 2 rings (SSSR count). The van der Waals surface area contributed by atoms with Crippen molar-refractivity contribution in [2.24, 2.45) is 0 Å². The van der Waals surface area contributed by atoms with E-state index in [1.54, 1.807) is 27.0 Å². The van der Waals surface area contributed by atoms with Crippen molar-refractivity contribution in [1.29, 1.82) is 0 Å². The minimum Gasteiger partial charge on any atom is -0.438 e. The molecule has 0 unspecified atom stereocenters. The number of benzene rings is 1. The molecule has 0 aliphatic heterocycles. The molecule has 0 atom stereocenters. The van der Waals surface area contributed by atoms with E-state index >= 15 is 0 Å². The van der Waals surface area contributed by atoms with Crippen LogP contribution in [0.25, 0.3) is 0 Å². The standard InChI is InChI=1S/C14H16N4O3/c1-8-7-11(18(19)20)5-6-12(8)21-14-9(2)13(15-4)16-10(3)17-14/h5-7H,1-4H3,(H,15,16,17). The molecule has 7 nitrogen and oxygen atoms in total. The van der Waals surface area contributed by atoms with E-state index in [0.29, 0.717) is 28.8 Å². The average molecular weight is 288 g/mol. The summed E-state index contributed by atoms with van der Waals surface area (Å²) >= 11 is 0. The van der Waals surface area contributed by atoms with Crippen LogP contribution in [0, 0.1) is 30.9 Å². The number of aryl methyl sites for hydroxylation is 2. The number of anilines is 1. The fourth-order valence-corrected chi connectivity index (χ4v) is 1.91. The number of nitrogens with one attached hydrogen (secondary N) is 1. The van der Waals surface area contributed by atoms with Crippen LogP contribution in [0.1, 0.15) is 17.0 Å². The Balaban J connectivity index is 2.39. The summed E-state index contributed by atoms with van der Waals surface area (Å²) in [5, 5.41) is 13.7. The van der Waals surface area contributed by atoms with Crippen LogP contribution < -0.4 is 10.1 Å². The first-order valence-corrected chi connectivity index (χ1v) is 6.38. The Morgan fingerprint density at radius 2 is 1.95 bits per heavy atom. The van der Waals surface area contributed by atoms with Gasteiger partial charge in [0.15, 0.2) is 0 Å². The van der Waals surface area contributed by atoms with E-state index in [0.717, 1.165) is 5.56 Å². The lowest BCUT2D eigenvalue weighted by molar-refractivity contribution is -0.384. The van der Waals surface area contributed by atoms with E-state index in [1.165, 1.54) is 12.1 Å². The Morgan fingerprint density at radius 1 is 1.24 bits per heavy atom. The summed E-state index contributed by atoms with van der Waals surface area (Å²) in [7, 11) is 1.77. The van der Waals surface area contributed by atoms with Gasteiger partial charge in [-0.2, -0.15) is 4.98 Å². The highest BCUT2D eigenvalue weighted by molar-refractivity contribution is 5.50. The molecule has 7 heteroatoms. The second-order valence-corrected chi connectivity index (χ2v) is 4.61. The highest BCUT2D eigenvalue weighted by Gasteiger charge is 2.13. The molecule has 0 amide bonds. The highest BCUT2D eigenvalue weighted by atomic mass is 16.6. The van der Waals surface area contributed by atoms with Crippen molar-refractivity contribution in [3.05, 3.63) is 45.3 Å². The third kappa shape index (κ3) is 3.07. The molecule has 0 saturated carbocycles. The van der Waals surface area contributed by atoms with Gasteiger partial charge in [-0.25, -0.2) is 4.98 Å². The van der Waals surface area contributed by atoms with Gasteiger partial charge in [0.25, 0.3) is 5.69 Å². The number of hydrogen-bond donors (Lipinski definition) is 1. The van der Waals surface area contributed by atoms with Crippen molar-refractivity contribution in [2.75, 3.05) is 12.4 Å². The van der Waals surface area contributed by atoms with E-state index in [1.807, 2.05) is 6.92 Å². The fraction of sp³-hybridized carbons (Fsp3) is 0.286. The minimum absolute atomic E-state index is 0.0337. The number of nitro benzene ring substituents is 1. The summed E-state index contributed by atoms with van der Waals surface area (Å²) < 4.78 is 5.78. The number of aromatic nitrogens is 2. The van der Waals surface area contributed by atoms with E-state index in [4.69, 9.17) is 4.74 Å². The number of hydrogen-bond acceptors (Lipinski definition) is 6. The van der Waals surface area contributed by atoms with Crippen LogP contribution in [0.4, 0.5) is 11.5 Å². The summed E-state index contributed by atoms with van der Waals surface area (Å²) in [5.74, 6) is 2.24. The first kappa shape index (κ1) is 14.7. The SMILES string of the molecule is CNc1nc(C)nc(Oc2ccc([N+](=O)[O-])cc2C)c1C. The summed E-state index contributed by atoms with van der Waals surface area (Å²) in [4.78, 5) is 18.8. The second-order valence-electron chi connectivity index (χ2n) is 4.61. The molecule has 2 aromatic rings. The molecule has 0 saturated heterocycles. The third-order valence-electron chi connectivity index (χ3n) is 3.03. The van der Waals surface area contributed by atoms with Crippen molar-refractivity contribution in [1.82, 2.24) is 9.97 Å². The number of non-ortho nitro benzene ring substituents is 1. The predicted octanol–water partition coefficient (Wildman–Crippen LogP) is 3.14. The molecule has 0 bridgehead atoms. The maximum absolute atomic E-state index is 10.7. The Kier molecular flexibility index (Phi) is 4.02. The van der Waals surface area contributed by atoms with Gasteiger partial charge in [-0.3, -0.25) is 10.1 Å². The van der Waals surface area contributed by atoms with Crippen molar-refractivity contribution in [3.63, 3.8) is 0 Å². The molecule has 1 aromatic carbocycles. The number of nitrogens with zero attached hydrogens (tertiary/aromatic N) is 3. The second kappa shape index (κ2) is 5.74. The third-order valence-corrected chi connectivity index (χ3v) is 3.03. The normalized spacial score (nSPS) is 10.3. The number of rotatable bonds is 4. The molecular formula is C14H16N4O3. The topological polar surface area (TPSA) is 90.2 Å². The summed E-state index contributed by atoms with van der Waals surface area (Å²) in [6.45, 7) is 5.38. The monoisotopic (exact) mass is 288 g/mol. The Hall–Kier alpha value is -2.70. The summed E-state index contributed by atoms with van der Waals surface area (Å²) in [6, 6.07) is 4.45. The van der Waals surface area contributed by atoms with Gasteiger partial charge in [0, 0.05) is 19.2 Å². The van der Waals surface area contributed by atoms with E-state index < -0.39 is 4.92 Å². The number of ether oxygens (including phenoxy) is 1. The maximum atomic E-state index is 10.7. The van der Waals surface area contributed by atoms with Crippen LogP contribution in [-0.4, -0.2) is 21.9 Å². The van der Waals surface area contributed by atoms with E-state index in [-0.39, 0.29) is 5.69 Å². The molecule has 0 spiro atoms. The lowest BCUT2D eigenvalue weighted by Crippen LogP contribution is -2.03. The van der Waals surface area contributed by atoms with Crippen molar-refractivity contribution in [3.8, 4) is 11.6 Å². The zero-order valence-corrected chi connectivity index (χ0v) is 12.3. The largest absolute Gasteiger partial charge is 0.438 e. The summed E-state index contributed by atoms with van der Waals surface area (Å²) in [6.07, 6.45) is 0. The van der Waals surface area contributed by atoms with Crippen molar-refractivity contribution >= 4 is 11.5 Å². The molecule has 1 N–H and O–H groups in total. The predicted molar refractivity (Wildman–Crippen MR) is 79.0 cm³/mol. The van der Waals surface area contributed by atoms with Gasteiger partial charge < -0.3 is 10.1 Å². The minimum atomic E-state index is -0.435. The molecule has 0 fully saturated rings. The maximum Gasteiger partial charge on any atom is 0.269 e. The molecular weight excluding hydrogens is 272 g/mol. The average Bonchev–Trinajstić information content (AvgIpc) is 2.44. The van der Waals surface area contributed by atoms with Crippen LogP contribution in [-0.2, 0) is 0 Å². The Labute approximate surface area is 122 Å². The van der Waals surface area contributed by atoms with Gasteiger partial charge in [-0.15, -0.1) is 0 Å². The van der Waals surface area contributed by atoms with Gasteiger partial charge in [-0.1, -0.05) is 0 Å². The Morgan fingerprint density at radius 3 is 2.52 bits per heavy atom. The van der Waals surface area contributed by atoms with Crippen LogP contribution in [0.5, 0.6) is 11.6 Å². The van der Waals surface area contributed by atoms with Gasteiger partial charge in [-0.05, 0) is 32.4 Å². The zero-order chi connectivity index (χ0) is 15.6.